The van der Waals surface area contributed by atoms with Crippen molar-refractivity contribution in [3.63, 3.8) is 0 Å². The fourth-order valence-corrected chi connectivity index (χ4v) is 7.15. The van der Waals surface area contributed by atoms with Gasteiger partial charge in [0.2, 0.25) is 17.7 Å². The number of aromatic nitrogens is 4. The third kappa shape index (κ3) is 7.05. The molecule has 0 radical (unpaired) electrons. The van der Waals surface area contributed by atoms with Gasteiger partial charge in [-0.2, -0.15) is 0 Å². The van der Waals surface area contributed by atoms with Crippen LogP contribution in [0.15, 0.2) is 60.8 Å². The van der Waals surface area contributed by atoms with E-state index in [1.807, 2.05) is 60.4 Å². The van der Waals surface area contributed by atoms with Gasteiger partial charge in [-0.05, 0) is 67.3 Å². The van der Waals surface area contributed by atoms with Crippen LogP contribution < -0.4 is 16.0 Å². The van der Waals surface area contributed by atoms with Crippen LogP contribution in [0.1, 0.15) is 59.9 Å². The van der Waals surface area contributed by atoms with Crippen LogP contribution in [-0.2, 0) is 27.5 Å². The third-order valence-electron chi connectivity index (χ3n) is 10.1. The van der Waals surface area contributed by atoms with E-state index in [-0.39, 0.29) is 55.2 Å². The lowest BCUT2D eigenvalue weighted by Gasteiger charge is -2.29. The number of anilines is 1. The number of hydrogen-bond acceptors (Lipinski definition) is 9. The van der Waals surface area contributed by atoms with E-state index in [9.17, 15) is 34.2 Å². The minimum Gasteiger partial charge on any atom is -0.508 e. The molecular formula is C39H41N9O7. The number of imide groups is 1. The molecule has 16 nitrogen and oxygen atoms in total. The predicted molar refractivity (Wildman–Crippen MR) is 202 cm³/mol. The molecule has 5 N–H and O–H groups in total. The number of rotatable bonds is 10. The first-order chi connectivity index (χ1) is 26.3. The first-order valence-electron chi connectivity index (χ1n) is 17.9. The predicted octanol–water partition coefficient (Wildman–Crippen LogP) is 3.77. The highest BCUT2D eigenvalue weighted by Gasteiger charge is 2.40. The normalized spacial score (nSPS) is 15.4. The summed E-state index contributed by atoms with van der Waals surface area (Å²) in [5.74, 6) is -0.725. The van der Waals surface area contributed by atoms with Crippen LogP contribution in [0.4, 0.5) is 10.5 Å². The van der Waals surface area contributed by atoms with Gasteiger partial charge in [-0.3, -0.25) is 29.1 Å². The monoisotopic (exact) mass is 747 g/mol. The van der Waals surface area contributed by atoms with Gasteiger partial charge in [0, 0.05) is 78.8 Å². The van der Waals surface area contributed by atoms with E-state index in [4.69, 9.17) is 0 Å². The first kappa shape index (κ1) is 36.6. The lowest BCUT2D eigenvalue weighted by Crippen LogP contribution is -2.52. The fourth-order valence-electron chi connectivity index (χ4n) is 7.15. The molecule has 2 aromatic heterocycles. The van der Waals surface area contributed by atoms with Crippen LogP contribution in [0, 0.1) is 6.92 Å². The molecule has 4 heterocycles. The number of likely N-dealkylation sites (N-methyl/N-ethyl adjacent to an activating group) is 1. The number of amides is 6. The van der Waals surface area contributed by atoms with Crippen molar-refractivity contribution in [1.29, 1.82) is 0 Å². The number of hydrogen-bond donors (Lipinski definition) is 5. The molecule has 0 aliphatic carbocycles. The molecule has 0 bridgehead atoms. The van der Waals surface area contributed by atoms with Gasteiger partial charge in [0.25, 0.3) is 5.91 Å². The Morgan fingerprint density at radius 3 is 2.58 bits per heavy atom. The quantitative estimate of drug-likeness (QED) is 0.132. The molecule has 1 saturated heterocycles. The maximum Gasteiger partial charge on any atom is 0.317 e. The second-order valence-electron chi connectivity index (χ2n) is 14.1. The fraction of sp³-hybridized carbons (Fsp3) is 0.308. The van der Waals surface area contributed by atoms with Crippen molar-refractivity contribution in [3.05, 3.63) is 83.3 Å². The highest BCUT2D eigenvalue weighted by Crippen LogP contribution is 2.38. The van der Waals surface area contributed by atoms with Crippen LogP contribution in [-0.4, -0.2) is 95.2 Å². The van der Waals surface area contributed by atoms with Gasteiger partial charge in [0.1, 0.15) is 23.4 Å². The Balaban J connectivity index is 0.959. The maximum absolute atomic E-state index is 13.1. The number of nitrogens with one attached hydrogen (secondary N) is 3. The number of aromatic hydroxyl groups is 2. The number of phenolic OH excluding ortho intramolecular Hbond substituents is 2. The second-order valence-corrected chi connectivity index (χ2v) is 14.1. The Morgan fingerprint density at radius 2 is 1.82 bits per heavy atom. The van der Waals surface area contributed by atoms with Gasteiger partial charge in [-0.15, -0.1) is 10.2 Å². The van der Waals surface area contributed by atoms with Gasteiger partial charge in [-0.1, -0.05) is 19.9 Å². The zero-order valence-electron chi connectivity index (χ0n) is 30.8. The summed E-state index contributed by atoms with van der Waals surface area (Å²) in [6.45, 7) is 6.35. The van der Waals surface area contributed by atoms with Gasteiger partial charge < -0.3 is 35.2 Å². The van der Waals surface area contributed by atoms with Crippen molar-refractivity contribution in [2.75, 3.05) is 25.5 Å². The van der Waals surface area contributed by atoms with Gasteiger partial charge in [-0.25, -0.2) is 4.79 Å². The smallest absolute Gasteiger partial charge is 0.317 e. The molecule has 2 aliphatic heterocycles. The summed E-state index contributed by atoms with van der Waals surface area (Å²) in [6, 6.07) is 14.6. The van der Waals surface area contributed by atoms with E-state index < -0.39 is 23.9 Å². The maximum atomic E-state index is 13.1. The van der Waals surface area contributed by atoms with E-state index in [0.29, 0.717) is 52.7 Å². The zero-order chi connectivity index (χ0) is 39.1. The van der Waals surface area contributed by atoms with E-state index in [0.717, 1.165) is 16.6 Å². The molecule has 1 unspecified atom stereocenters. The van der Waals surface area contributed by atoms with Gasteiger partial charge >= 0.3 is 6.03 Å². The van der Waals surface area contributed by atoms with Crippen LogP contribution in [0.5, 0.6) is 11.5 Å². The molecule has 55 heavy (non-hydrogen) atoms. The summed E-state index contributed by atoms with van der Waals surface area (Å²) in [7, 11) is 1.63. The molecule has 1 fully saturated rings. The van der Waals surface area contributed by atoms with Crippen LogP contribution in [0.25, 0.3) is 28.0 Å². The van der Waals surface area contributed by atoms with E-state index in [1.54, 1.807) is 31.3 Å². The molecule has 5 aromatic rings. The van der Waals surface area contributed by atoms with E-state index in [2.05, 4.69) is 26.1 Å². The van der Waals surface area contributed by atoms with E-state index in [1.165, 1.54) is 15.9 Å². The summed E-state index contributed by atoms with van der Waals surface area (Å²) < 4.78 is 3.87. The average Bonchev–Trinajstić information content (AvgIpc) is 3.84. The average molecular weight is 748 g/mol. The Hall–Kier alpha value is -6.71. The Kier molecular flexibility index (Phi) is 9.73. The van der Waals surface area contributed by atoms with Gasteiger partial charge in [0.15, 0.2) is 5.82 Å². The minimum absolute atomic E-state index is 0.0173. The van der Waals surface area contributed by atoms with Crippen molar-refractivity contribution in [2.24, 2.45) is 0 Å². The largest absolute Gasteiger partial charge is 0.508 e. The van der Waals surface area contributed by atoms with Crippen molar-refractivity contribution in [2.45, 2.75) is 58.7 Å². The summed E-state index contributed by atoms with van der Waals surface area (Å²) in [4.78, 5) is 65.9. The van der Waals surface area contributed by atoms with Crippen LogP contribution >= 0.6 is 0 Å². The van der Waals surface area contributed by atoms with Crippen molar-refractivity contribution < 1.29 is 34.2 Å². The molecule has 7 rings (SSSR count). The second kappa shape index (κ2) is 14.6. The van der Waals surface area contributed by atoms with Crippen molar-refractivity contribution in [3.8, 4) is 28.6 Å². The van der Waals surface area contributed by atoms with Crippen molar-refractivity contribution >= 4 is 46.3 Å². The topological polar surface area (TPSA) is 204 Å². The summed E-state index contributed by atoms with van der Waals surface area (Å²) in [5.41, 5.74) is 4.20. The molecule has 2 aliphatic rings. The molecule has 284 valence electrons. The number of phenols is 2. The molecule has 0 spiro atoms. The number of nitrogens with zero attached hydrogens (tertiary/aromatic N) is 6. The standard InChI is InChI=1S/C39H41N9O7/c1-21(2)26-17-27(33(50)18-32(26)49)36-44-43-22(3)48(36)24-8-9-30-23(16-24)12-13-46(30)15-14-45(4)39(55)40-19-35(52)41-29-7-5-6-25-28(29)20-47(38(25)54)31-10-11-34(51)42-37(31)53/h5-9,12-13,16-18,21,31,49-50H,10-11,14-15,19-20H2,1-4H3,(H,40,55)(H,41,52)(H,42,51,53). The van der Waals surface area contributed by atoms with Crippen LogP contribution in [0.3, 0.4) is 0 Å². The highest BCUT2D eigenvalue weighted by molar-refractivity contribution is 6.07. The minimum atomic E-state index is -0.776. The highest BCUT2D eigenvalue weighted by atomic mass is 16.3. The third-order valence-corrected chi connectivity index (χ3v) is 10.1. The molecule has 0 saturated carbocycles. The summed E-state index contributed by atoms with van der Waals surface area (Å²) >= 11 is 0. The molecule has 16 heteroatoms. The van der Waals surface area contributed by atoms with Gasteiger partial charge in [0.05, 0.1) is 12.1 Å². The molecule has 6 amide bonds. The number of benzene rings is 3. The summed E-state index contributed by atoms with van der Waals surface area (Å²) in [6.07, 6.45) is 2.30. The van der Waals surface area contributed by atoms with Crippen LogP contribution in [0.2, 0.25) is 0 Å². The lowest BCUT2D eigenvalue weighted by atomic mass is 9.98. The van der Waals surface area contributed by atoms with E-state index >= 15 is 0 Å². The SMILES string of the molecule is Cc1nnc(-c2cc(C(C)C)c(O)cc2O)n1-c1ccc2c(ccn2CCN(C)C(=O)NCC(=O)Nc2cccc3c2CN(C2CCC(=O)NC2=O)C3=O)c1. The number of piperidine rings is 1. The number of carbonyl (C=O) groups is 5. The number of urea groups is 1. The van der Waals surface area contributed by atoms with Crippen molar-refractivity contribution in [1.82, 2.24) is 39.8 Å². The first-order valence-corrected chi connectivity index (χ1v) is 17.9. The Labute approximate surface area is 315 Å². The molecule has 1 atom stereocenters. The number of fused-ring (bicyclic) bond motifs is 2. The number of aryl methyl sites for hydroxylation is 1. The number of carbonyl (C=O) groups excluding carboxylic acids is 5. The lowest BCUT2D eigenvalue weighted by molar-refractivity contribution is -0.137. The Morgan fingerprint density at radius 1 is 1.02 bits per heavy atom. The zero-order valence-corrected chi connectivity index (χ0v) is 30.8. The Bertz CT molecular complexity index is 2380. The molecule has 3 aromatic carbocycles. The molecular weight excluding hydrogens is 706 g/mol. The summed E-state index contributed by atoms with van der Waals surface area (Å²) in [5, 5.41) is 38.4.